The van der Waals surface area contributed by atoms with Crippen LogP contribution in [0.15, 0.2) is 4.42 Å². The lowest BCUT2D eigenvalue weighted by Gasteiger charge is -2.29. The van der Waals surface area contributed by atoms with Crippen LogP contribution in [0.1, 0.15) is 18.7 Å². The summed E-state index contributed by atoms with van der Waals surface area (Å²) >= 11 is 0. The van der Waals surface area contributed by atoms with Crippen LogP contribution in [0.5, 0.6) is 0 Å². The first-order valence-corrected chi connectivity index (χ1v) is 6.06. The van der Waals surface area contributed by atoms with E-state index in [0.29, 0.717) is 24.4 Å². The van der Waals surface area contributed by atoms with Gasteiger partial charge in [-0.15, -0.1) is 10.2 Å². The summed E-state index contributed by atoms with van der Waals surface area (Å²) in [5, 5.41) is 11.1. The fourth-order valence-electron chi connectivity index (χ4n) is 1.91. The summed E-state index contributed by atoms with van der Waals surface area (Å²) in [6.07, 6.45) is 0. The Morgan fingerprint density at radius 2 is 2.12 bits per heavy atom. The van der Waals surface area contributed by atoms with E-state index in [0.717, 1.165) is 32.8 Å². The number of rotatable bonds is 5. The fraction of sp³-hybridized carbons (Fsp3) is 0.818. The smallest absolute Gasteiger partial charge is 0.230 e. The first-order valence-electron chi connectivity index (χ1n) is 6.06. The molecular weight excluding hydrogens is 220 g/mol. The van der Waals surface area contributed by atoms with Crippen LogP contribution in [0.3, 0.4) is 0 Å². The summed E-state index contributed by atoms with van der Waals surface area (Å²) in [6.45, 7) is 9.34. The molecule has 0 spiro atoms. The number of hydrogen-bond donors (Lipinski definition) is 1. The molecule has 1 aromatic rings. The lowest BCUT2D eigenvalue weighted by Crippen LogP contribution is -2.44. The van der Waals surface area contributed by atoms with Crippen molar-refractivity contribution in [1.82, 2.24) is 20.4 Å². The van der Waals surface area contributed by atoms with Crippen LogP contribution in [-0.4, -0.2) is 54.0 Å². The summed E-state index contributed by atoms with van der Waals surface area (Å²) in [5.41, 5.74) is 0. The Hall–Kier alpha value is -0.980. The van der Waals surface area contributed by atoms with Crippen molar-refractivity contribution >= 4 is 0 Å². The Bertz CT molecular complexity index is 336. The lowest BCUT2D eigenvalue weighted by atomic mass is 10.3. The molecule has 0 bridgehead atoms. The number of aryl methyl sites for hydroxylation is 1. The minimum atomic E-state index is 0.403. The molecule has 96 valence electrons. The standard InChI is InChI=1S/C11H20N4O2/c1-9(8-15-3-5-16-6-4-15)12-7-11-14-13-10(2)17-11/h9,12H,3-8H2,1-2H3. The molecule has 0 radical (unpaired) electrons. The van der Waals surface area contributed by atoms with Crippen LogP contribution >= 0.6 is 0 Å². The van der Waals surface area contributed by atoms with Crippen LogP contribution in [0.25, 0.3) is 0 Å². The van der Waals surface area contributed by atoms with E-state index in [1.165, 1.54) is 0 Å². The van der Waals surface area contributed by atoms with Crippen LogP contribution in [0, 0.1) is 6.92 Å². The molecule has 1 N–H and O–H groups in total. The van der Waals surface area contributed by atoms with Crippen molar-refractivity contribution in [2.75, 3.05) is 32.8 Å². The topological polar surface area (TPSA) is 63.4 Å². The highest BCUT2D eigenvalue weighted by Crippen LogP contribution is 2.00. The Morgan fingerprint density at radius 3 is 2.76 bits per heavy atom. The summed E-state index contributed by atoms with van der Waals surface area (Å²) in [5.74, 6) is 1.26. The van der Waals surface area contributed by atoms with Crippen molar-refractivity contribution in [3.63, 3.8) is 0 Å². The normalized spacial score (nSPS) is 19.4. The van der Waals surface area contributed by atoms with Gasteiger partial charge in [-0.05, 0) is 6.92 Å². The second-order valence-electron chi connectivity index (χ2n) is 4.41. The number of ether oxygens (including phenoxy) is 1. The Morgan fingerprint density at radius 1 is 1.35 bits per heavy atom. The zero-order valence-electron chi connectivity index (χ0n) is 10.5. The lowest BCUT2D eigenvalue weighted by molar-refractivity contribution is 0.0342. The van der Waals surface area contributed by atoms with Gasteiger partial charge in [0.25, 0.3) is 0 Å². The van der Waals surface area contributed by atoms with E-state index < -0.39 is 0 Å². The first kappa shape index (κ1) is 12.5. The molecule has 1 aliphatic rings. The van der Waals surface area contributed by atoms with Gasteiger partial charge < -0.3 is 14.5 Å². The van der Waals surface area contributed by atoms with E-state index in [4.69, 9.17) is 9.15 Å². The van der Waals surface area contributed by atoms with Crippen molar-refractivity contribution in [3.05, 3.63) is 11.8 Å². The molecular formula is C11H20N4O2. The first-order chi connectivity index (χ1) is 8.24. The van der Waals surface area contributed by atoms with Gasteiger partial charge in [-0.2, -0.15) is 0 Å². The Labute approximate surface area is 101 Å². The van der Waals surface area contributed by atoms with Crippen LogP contribution in [0.2, 0.25) is 0 Å². The van der Waals surface area contributed by atoms with Crippen molar-refractivity contribution in [3.8, 4) is 0 Å². The predicted molar refractivity (Wildman–Crippen MR) is 62.6 cm³/mol. The third-order valence-electron chi connectivity index (χ3n) is 2.81. The number of nitrogens with zero attached hydrogens (tertiary/aromatic N) is 3. The molecule has 1 aliphatic heterocycles. The third-order valence-corrected chi connectivity index (χ3v) is 2.81. The van der Waals surface area contributed by atoms with E-state index in [2.05, 4.69) is 27.3 Å². The number of nitrogens with one attached hydrogen (secondary N) is 1. The summed E-state index contributed by atoms with van der Waals surface area (Å²) in [6, 6.07) is 0.403. The fourth-order valence-corrected chi connectivity index (χ4v) is 1.91. The van der Waals surface area contributed by atoms with Gasteiger partial charge in [0, 0.05) is 32.6 Å². The van der Waals surface area contributed by atoms with E-state index in [9.17, 15) is 0 Å². The SMILES string of the molecule is Cc1nnc(CNC(C)CN2CCOCC2)o1. The summed E-state index contributed by atoms with van der Waals surface area (Å²) in [7, 11) is 0. The molecule has 2 rings (SSSR count). The van der Waals surface area contributed by atoms with Crippen LogP contribution < -0.4 is 5.32 Å². The summed E-state index contributed by atoms with van der Waals surface area (Å²) in [4.78, 5) is 2.40. The van der Waals surface area contributed by atoms with Crippen molar-refractivity contribution in [1.29, 1.82) is 0 Å². The monoisotopic (exact) mass is 240 g/mol. The van der Waals surface area contributed by atoms with Gasteiger partial charge in [0.05, 0.1) is 19.8 Å². The highest BCUT2D eigenvalue weighted by atomic mass is 16.5. The van der Waals surface area contributed by atoms with Crippen molar-refractivity contribution in [2.24, 2.45) is 0 Å². The molecule has 1 saturated heterocycles. The highest BCUT2D eigenvalue weighted by molar-refractivity contribution is 4.79. The Kier molecular flexibility index (Phi) is 4.47. The molecule has 0 aromatic carbocycles. The molecule has 1 atom stereocenters. The largest absolute Gasteiger partial charge is 0.424 e. The van der Waals surface area contributed by atoms with Gasteiger partial charge in [-0.25, -0.2) is 0 Å². The highest BCUT2D eigenvalue weighted by Gasteiger charge is 2.13. The van der Waals surface area contributed by atoms with Crippen LogP contribution in [-0.2, 0) is 11.3 Å². The molecule has 6 heteroatoms. The van der Waals surface area contributed by atoms with E-state index in [1.807, 2.05) is 0 Å². The maximum absolute atomic E-state index is 5.32. The predicted octanol–water partition coefficient (Wildman–Crippen LogP) is 0.188. The molecule has 1 fully saturated rings. The van der Waals surface area contributed by atoms with Gasteiger partial charge in [-0.3, -0.25) is 4.90 Å². The number of hydrogen-bond acceptors (Lipinski definition) is 6. The van der Waals surface area contributed by atoms with E-state index in [1.54, 1.807) is 6.92 Å². The zero-order chi connectivity index (χ0) is 12.1. The van der Waals surface area contributed by atoms with Gasteiger partial charge in [-0.1, -0.05) is 0 Å². The van der Waals surface area contributed by atoms with Gasteiger partial charge in [0.15, 0.2) is 0 Å². The third kappa shape index (κ3) is 4.07. The molecule has 1 aromatic heterocycles. The number of morpholine rings is 1. The molecule has 0 aliphatic carbocycles. The van der Waals surface area contributed by atoms with E-state index >= 15 is 0 Å². The zero-order valence-corrected chi connectivity index (χ0v) is 10.5. The Balaban J connectivity index is 1.68. The van der Waals surface area contributed by atoms with Crippen molar-refractivity contribution < 1.29 is 9.15 Å². The molecule has 2 heterocycles. The van der Waals surface area contributed by atoms with Gasteiger partial charge in [0.1, 0.15) is 0 Å². The maximum atomic E-state index is 5.32. The minimum Gasteiger partial charge on any atom is -0.424 e. The minimum absolute atomic E-state index is 0.403. The molecule has 6 nitrogen and oxygen atoms in total. The second kappa shape index (κ2) is 6.09. The quantitative estimate of drug-likeness (QED) is 0.792. The van der Waals surface area contributed by atoms with Crippen LogP contribution in [0.4, 0.5) is 0 Å². The average Bonchev–Trinajstić information content (AvgIpc) is 2.74. The van der Waals surface area contributed by atoms with Gasteiger partial charge in [0.2, 0.25) is 11.8 Å². The maximum Gasteiger partial charge on any atom is 0.230 e. The van der Waals surface area contributed by atoms with E-state index in [-0.39, 0.29) is 0 Å². The second-order valence-corrected chi connectivity index (χ2v) is 4.41. The number of aromatic nitrogens is 2. The summed E-state index contributed by atoms with van der Waals surface area (Å²) < 4.78 is 10.6. The molecule has 0 saturated carbocycles. The molecule has 1 unspecified atom stereocenters. The van der Waals surface area contributed by atoms with Gasteiger partial charge >= 0.3 is 0 Å². The molecule has 17 heavy (non-hydrogen) atoms. The average molecular weight is 240 g/mol. The molecule has 0 amide bonds. The van der Waals surface area contributed by atoms with Crippen molar-refractivity contribution in [2.45, 2.75) is 26.4 Å².